The summed E-state index contributed by atoms with van der Waals surface area (Å²) < 4.78 is 11.6. The summed E-state index contributed by atoms with van der Waals surface area (Å²) in [5, 5.41) is 0. The van der Waals surface area contributed by atoms with E-state index in [1.54, 1.807) is 0 Å². The summed E-state index contributed by atoms with van der Waals surface area (Å²) in [5.41, 5.74) is 3.78. The lowest BCUT2D eigenvalue weighted by molar-refractivity contribution is 0.132. The van der Waals surface area contributed by atoms with Gasteiger partial charge in [0.1, 0.15) is 0 Å². The zero-order chi connectivity index (χ0) is 17.5. The van der Waals surface area contributed by atoms with E-state index in [9.17, 15) is 0 Å². The van der Waals surface area contributed by atoms with Crippen LogP contribution >= 0.6 is 0 Å². The van der Waals surface area contributed by atoms with Gasteiger partial charge in [0.2, 0.25) is 0 Å². The van der Waals surface area contributed by atoms with Crippen LogP contribution in [0.4, 0.5) is 5.69 Å². The molecule has 0 N–H and O–H groups in total. The van der Waals surface area contributed by atoms with E-state index in [1.165, 1.54) is 0 Å². The topological polar surface area (TPSA) is 34.1 Å². The molecule has 4 nitrogen and oxygen atoms in total. The quantitative estimate of drug-likeness (QED) is 0.490. The number of aliphatic imine (C=N–C) groups is 1. The molecule has 1 saturated heterocycles. The molecule has 0 bridgehead atoms. The lowest BCUT2D eigenvalue weighted by Gasteiger charge is -2.24. The first kappa shape index (κ1) is 17.4. The second-order valence-electron chi connectivity index (χ2n) is 5.99. The van der Waals surface area contributed by atoms with E-state index in [2.05, 4.69) is 22.9 Å². The van der Waals surface area contributed by atoms with Gasteiger partial charge in [0.15, 0.2) is 0 Å². The van der Waals surface area contributed by atoms with Crippen LogP contribution in [-0.4, -0.2) is 51.6 Å². The summed E-state index contributed by atoms with van der Waals surface area (Å²) in [6.45, 7) is 3.17. The molecule has 0 spiro atoms. The van der Waals surface area contributed by atoms with Crippen LogP contribution in [0.3, 0.4) is 0 Å². The van der Waals surface area contributed by atoms with Crippen LogP contribution in [0.25, 0.3) is 0 Å². The van der Waals surface area contributed by atoms with Gasteiger partial charge >= 0.3 is 7.12 Å². The maximum Gasteiger partial charge on any atom is 0.493 e. The maximum absolute atomic E-state index is 5.82. The minimum absolute atomic E-state index is 0.295. The zero-order valence-electron chi connectivity index (χ0n) is 14.4. The fourth-order valence-corrected chi connectivity index (χ4v) is 2.52. The van der Waals surface area contributed by atoms with E-state index < -0.39 is 0 Å². The van der Waals surface area contributed by atoms with Crippen molar-refractivity contribution in [2.24, 2.45) is 4.99 Å². The van der Waals surface area contributed by atoms with Crippen LogP contribution in [0.15, 0.2) is 53.5 Å². The summed E-state index contributed by atoms with van der Waals surface area (Å²) in [7, 11) is 1.78. The Bertz CT molecular complexity index is 741. The van der Waals surface area contributed by atoms with E-state index in [0.717, 1.165) is 35.4 Å². The zero-order valence-corrected chi connectivity index (χ0v) is 14.4. The fourth-order valence-electron chi connectivity index (χ4n) is 2.52. The van der Waals surface area contributed by atoms with Crippen molar-refractivity contribution in [1.82, 2.24) is 4.90 Å². The van der Waals surface area contributed by atoms with Crippen LogP contribution in [-0.2, 0) is 9.31 Å². The predicted molar refractivity (Wildman–Crippen MR) is 103 cm³/mol. The summed E-state index contributed by atoms with van der Waals surface area (Å²) in [4.78, 5) is 6.67. The fraction of sp³-hybridized carbons (Fsp3) is 0.250. The smallest absolute Gasteiger partial charge is 0.406 e. The standard InChI is InChI=1S/C20H21BN2O2/c1-3-17-6-10-20(11-7-17)22-16-18-4-8-19(9-5-18)21-24-14-12-23(2)13-15-25-21/h1,4-11,16H,12-15H2,2H3. The molecule has 3 rings (SSSR count). The molecule has 0 aromatic heterocycles. The van der Waals surface area contributed by atoms with Gasteiger partial charge in [-0.05, 0) is 42.3 Å². The number of likely N-dealkylation sites (N-methyl/N-ethyl adjacent to an activating group) is 1. The van der Waals surface area contributed by atoms with E-state index in [4.69, 9.17) is 15.7 Å². The second-order valence-corrected chi connectivity index (χ2v) is 5.99. The Morgan fingerprint density at radius 3 is 2.28 bits per heavy atom. The molecule has 5 heteroatoms. The maximum atomic E-state index is 5.82. The molecule has 2 aromatic carbocycles. The third-order valence-corrected chi connectivity index (χ3v) is 4.09. The summed E-state index contributed by atoms with van der Waals surface area (Å²) >= 11 is 0. The molecule has 1 heterocycles. The van der Waals surface area contributed by atoms with Crippen LogP contribution in [0.5, 0.6) is 0 Å². The first-order valence-corrected chi connectivity index (χ1v) is 8.37. The van der Waals surface area contributed by atoms with E-state index in [1.807, 2.05) is 54.7 Å². The molecule has 1 aliphatic rings. The molecule has 1 aliphatic heterocycles. The van der Waals surface area contributed by atoms with Crippen LogP contribution in [0.1, 0.15) is 11.1 Å². The van der Waals surface area contributed by atoms with Gasteiger partial charge in [-0.1, -0.05) is 30.2 Å². The van der Waals surface area contributed by atoms with Crippen molar-refractivity contribution in [3.8, 4) is 12.3 Å². The first-order chi connectivity index (χ1) is 12.2. The Morgan fingerprint density at radius 1 is 1.04 bits per heavy atom. The van der Waals surface area contributed by atoms with Crippen LogP contribution in [0.2, 0.25) is 0 Å². The van der Waals surface area contributed by atoms with Gasteiger partial charge < -0.3 is 14.2 Å². The molecule has 126 valence electrons. The Labute approximate surface area is 149 Å². The van der Waals surface area contributed by atoms with Crippen LogP contribution < -0.4 is 5.46 Å². The average molecular weight is 332 g/mol. The Kier molecular flexibility index (Phi) is 6.02. The molecular weight excluding hydrogens is 311 g/mol. The Morgan fingerprint density at radius 2 is 1.68 bits per heavy atom. The summed E-state index contributed by atoms with van der Waals surface area (Å²) in [5.74, 6) is 2.60. The highest BCUT2D eigenvalue weighted by atomic mass is 16.6. The molecule has 0 aliphatic carbocycles. The monoisotopic (exact) mass is 332 g/mol. The predicted octanol–water partition coefficient (Wildman–Crippen LogP) is 2.09. The number of nitrogens with zero attached hydrogens (tertiary/aromatic N) is 2. The van der Waals surface area contributed by atoms with Crippen molar-refractivity contribution in [3.05, 3.63) is 59.7 Å². The highest BCUT2D eigenvalue weighted by Gasteiger charge is 2.23. The molecular formula is C20H21BN2O2. The second kappa shape index (κ2) is 8.64. The Balaban J connectivity index is 1.63. The number of rotatable bonds is 3. The SMILES string of the molecule is C#Cc1ccc(N=Cc2ccc(B3OCCN(C)CCO3)cc2)cc1. The largest absolute Gasteiger partial charge is 0.493 e. The van der Waals surface area contributed by atoms with Crippen LogP contribution in [0, 0.1) is 12.3 Å². The number of hydrogen-bond donors (Lipinski definition) is 0. The third-order valence-electron chi connectivity index (χ3n) is 4.09. The minimum Gasteiger partial charge on any atom is -0.406 e. The van der Waals surface area contributed by atoms with Crippen molar-refractivity contribution < 1.29 is 9.31 Å². The average Bonchev–Trinajstić information content (AvgIpc) is 2.64. The molecule has 0 unspecified atom stereocenters. The normalized spacial score (nSPS) is 16.4. The number of terminal acetylenes is 1. The van der Waals surface area contributed by atoms with Gasteiger partial charge in [0.25, 0.3) is 0 Å². The van der Waals surface area contributed by atoms with Gasteiger partial charge in [0.05, 0.1) is 5.69 Å². The molecule has 25 heavy (non-hydrogen) atoms. The van der Waals surface area contributed by atoms with Crippen molar-refractivity contribution in [2.45, 2.75) is 0 Å². The first-order valence-electron chi connectivity index (χ1n) is 8.37. The van der Waals surface area contributed by atoms with Gasteiger partial charge in [-0.2, -0.15) is 0 Å². The van der Waals surface area contributed by atoms with Crippen molar-refractivity contribution in [1.29, 1.82) is 0 Å². The van der Waals surface area contributed by atoms with Gasteiger partial charge in [0, 0.05) is 38.1 Å². The molecule has 0 atom stereocenters. The molecule has 0 amide bonds. The van der Waals surface area contributed by atoms with Crippen molar-refractivity contribution >= 4 is 24.5 Å². The highest BCUT2D eigenvalue weighted by Crippen LogP contribution is 2.12. The van der Waals surface area contributed by atoms with Crippen molar-refractivity contribution in [2.75, 3.05) is 33.4 Å². The van der Waals surface area contributed by atoms with E-state index in [0.29, 0.717) is 13.2 Å². The molecule has 1 fully saturated rings. The Hall–Kier alpha value is -2.39. The van der Waals surface area contributed by atoms with Gasteiger partial charge in [-0.15, -0.1) is 6.42 Å². The minimum atomic E-state index is -0.295. The molecule has 0 radical (unpaired) electrons. The molecule has 0 saturated carbocycles. The third kappa shape index (κ3) is 5.04. The lowest BCUT2D eigenvalue weighted by Crippen LogP contribution is -2.43. The van der Waals surface area contributed by atoms with E-state index in [-0.39, 0.29) is 7.12 Å². The number of hydrogen-bond acceptors (Lipinski definition) is 4. The summed E-state index contributed by atoms with van der Waals surface area (Å²) in [6.07, 6.45) is 7.19. The van der Waals surface area contributed by atoms with Gasteiger partial charge in [-0.25, -0.2) is 0 Å². The lowest BCUT2D eigenvalue weighted by atomic mass is 9.78. The summed E-state index contributed by atoms with van der Waals surface area (Å²) in [6, 6.07) is 15.7. The van der Waals surface area contributed by atoms with Crippen molar-refractivity contribution in [3.63, 3.8) is 0 Å². The highest BCUT2D eigenvalue weighted by molar-refractivity contribution is 6.61. The molecule has 2 aromatic rings. The van der Waals surface area contributed by atoms with E-state index >= 15 is 0 Å². The number of benzene rings is 2. The van der Waals surface area contributed by atoms with Gasteiger partial charge in [-0.3, -0.25) is 4.99 Å².